The molecule has 3 aliphatic rings. The second kappa shape index (κ2) is 14.1. The SMILES string of the molecule is CC(C)CC1(N2CCN(C(=O)[C@@H](Cc3ccc(Cl)cc3)NC(=O)CC3NCc4ccccc43)CC2)CCN(C(C)C)CC1. The first-order chi connectivity index (χ1) is 20.6. The molecule has 43 heavy (non-hydrogen) atoms. The maximum Gasteiger partial charge on any atom is 0.245 e. The molecular formula is C35H50ClN5O2. The molecule has 0 spiro atoms. The van der Waals surface area contributed by atoms with Crippen LogP contribution >= 0.6 is 11.6 Å². The summed E-state index contributed by atoms with van der Waals surface area (Å²) in [5.41, 5.74) is 3.59. The van der Waals surface area contributed by atoms with E-state index in [1.54, 1.807) is 0 Å². The van der Waals surface area contributed by atoms with Crippen molar-refractivity contribution < 1.29 is 9.59 Å². The van der Waals surface area contributed by atoms with Crippen molar-refractivity contribution in [3.63, 3.8) is 0 Å². The zero-order chi connectivity index (χ0) is 30.6. The summed E-state index contributed by atoms with van der Waals surface area (Å²) in [5.74, 6) is 0.536. The second-order valence-corrected chi connectivity index (χ2v) is 14.0. The van der Waals surface area contributed by atoms with Crippen LogP contribution in [0.5, 0.6) is 0 Å². The van der Waals surface area contributed by atoms with Crippen LogP contribution in [0.25, 0.3) is 0 Å². The highest BCUT2D eigenvalue weighted by molar-refractivity contribution is 6.30. The zero-order valence-electron chi connectivity index (χ0n) is 26.4. The van der Waals surface area contributed by atoms with E-state index in [9.17, 15) is 9.59 Å². The van der Waals surface area contributed by atoms with Gasteiger partial charge < -0.3 is 20.4 Å². The minimum atomic E-state index is -0.615. The third kappa shape index (κ3) is 7.80. The minimum absolute atomic E-state index is 0.00951. The lowest BCUT2D eigenvalue weighted by atomic mass is 9.78. The summed E-state index contributed by atoms with van der Waals surface area (Å²) in [6.45, 7) is 15.4. The van der Waals surface area contributed by atoms with E-state index in [0.717, 1.165) is 38.3 Å². The predicted octanol–water partition coefficient (Wildman–Crippen LogP) is 5.04. The Morgan fingerprint density at radius 1 is 0.953 bits per heavy atom. The van der Waals surface area contributed by atoms with Crippen LogP contribution in [0.4, 0.5) is 0 Å². The van der Waals surface area contributed by atoms with Crippen LogP contribution in [0.15, 0.2) is 48.5 Å². The second-order valence-electron chi connectivity index (χ2n) is 13.6. The first-order valence-electron chi connectivity index (χ1n) is 16.3. The number of piperazine rings is 1. The van der Waals surface area contributed by atoms with Crippen molar-refractivity contribution in [1.29, 1.82) is 0 Å². The number of fused-ring (bicyclic) bond motifs is 1. The van der Waals surface area contributed by atoms with E-state index in [-0.39, 0.29) is 23.4 Å². The fraction of sp³-hybridized carbons (Fsp3) is 0.600. The minimum Gasteiger partial charge on any atom is -0.344 e. The number of nitrogens with one attached hydrogen (secondary N) is 2. The molecule has 1 unspecified atom stereocenters. The van der Waals surface area contributed by atoms with Gasteiger partial charge >= 0.3 is 0 Å². The van der Waals surface area contributed by atoms with Gasteiger partial charge in [0.1, 0.15) is 6.04 Å². The van der Waals surface area contributed by atoms with Crippen molar-refractivity contribution in [1.82, 2.24) is 25.3 Å². The Bertz CT molecular complexity index is 1230. The van der Waals surface area contributed by atoms with E-state index in [1.807, 2.05) is 41.3 Å². The molecule has 2 aromatic rings. The number of carbonyl (C=O) groups is 2. The number of benzene rings is 2. The van der Waals surface area contributed by atoms with Gasteiger partial charge in [-0.05, 0) is 67.9 Å². The molecule has 0 radical (unpaired) electrons. The van der Waals surface area contributed by atoms with Gasteiger partial charge in [0, 0.05) is 81.3 Å². The lowest BCUT2D eigenvalue weighted by Crippen LogP contribution is -2.63. The summed E-state index contributed by atoms with van der Waals surface area (Å²) < 4.78 is 0. The maximum absolute atomic E-state index is 14.0. The third-order valence-electron chi connectivity index (χ3n) is 9.85. The van der Waals surface area contributed by atoms with E-state index < -0.39 is 6.04 Å². The number of hydrogen-bond acceptors (Lipinski definition) is 5. The third-order valence-corrected chi connectivity index (χ3v) is 10.1. The first-order valence-corrected chi connectivity index (χ1v) is 16.6. The van der Waals surface area contributed by atoms with E-state index in [4.69, 9.17) is 11.6 Å². The number of amides is 2. The average Bonchev–Trinajstić information content (AvgIpc) is 3.40. The van der Waals surface area contributed by atoms with Crippen molar-refractivity contribution in [2.24, 2.45) is 5.92 Å². The van der Waals surface area contributed by atoms with Gasteiger partial charge in [-0.2, -0.15) is 0 Å². The highest BCUT2D eigenvalue weighted by Crippen LogP contribution is 2.36. The Kier molecular flexibility index (Phi) is 10.5. The standard InChI is InChI=1S/C35H50ClN5O2/c1-25(2)23-35(13-15-39(16-14-35)26(3)4)41-19-17-40(18-20-41)34(43)32(21-27-9-11-29(36)12-10-27)38-33(42)22-31-30-8-6-5-7-28(30)24-37-31/h5-12,25-26,31-32,37H,13-24H2,1-4H3,(H,38,42)/t31?,32-/m1/s1. The number of carbonyl (C=O) groups excluding carboxylic acids is 2. The van der Waals surface area contributed by atoms with Gasteiger partial charge in [-0.25, -0.2) is 0 Å². The number of nitrogens with zero attached hydrogens (tertiary/aromatic N) is 3. The Balaban J connectivity index is 1.25. The molecule has 2 amide bonds. The fourth-order valence-corrected chi connectivity index (χ4v) is 7.67. The summed E-state index contributed by atoms with van der Waals surface area (Å²) in [4.78, 5) is 34.7. The maximum atomic E-state index is 14.0. The molecule has 0 saturated carbocycles. The molecule has 3 aliphatic heterocycles. The number of halogens is 1. The molecule has 2 saturated heterocycles. The number of piperidine rings is 1. The van der Waals surface area contributed by atoms with E-state index in [0.29, 0.717) is 42.9 Å². The molecule has 8 heteroatoms. The van der Waals surface area contributed by atoms with Gasteiger partial charge in [0.15, 0.2) is 0 Å². The van der Waals surface area contributed by atoms with Gasteiger partial charge in [0.25, 0.3) is 0 Å². The topological polar surface area (TPSA) is 67.9 Å². The summed E-state index contributed by atoms with van der Waals surface area (Å²) in [7, 11) is 0. The van der Waals surface area contributed by atoms with E-state index in [1.165, 1.54) is 30.4 Å². The van der Waals surface area contributed by atoms with Gasteiger partial charge in [-0.3, -0.25) is 14.5 Å². The number of hydrogen-bond donors (Lipinski definition) is 2. The molecule has 7 nitrogen and oxygen atoms in total. The van der Waals surface area contributed by atoms with E-state index >= 15 is 0 Å². The zero-order valence-corrected chi connectivity index (χ0v) is 27.2. The molecule has 5 rings (SSSR count). The highest BCUT2D eigenvalue weighted by Gasteiger charge is 2.42. The van der Waals surface area contributed by atoms with Gasteiger partial charge in [-0.1, -0.05) is 61.8 Å². The van der Waals surface area contributed by atoms with Crippen molar-refractivity contribution in [2.75, 3.05) is 39.3 Å². The highest BCUT2D eigenvalue weighted by atomic mass is 35.5. The fourth-order valence-electron chi connectivity index (χ4n) is 7.54. The molecule has 2 fully saturated rings. The van der Waals surface area contributed by atoms with Gasteiger partial charge in [0.05, 0.1) is 0 Å². The summed E-state index contributed by atoms with van der Waals surface area (Å²) in [6.07, 6.45) is 4.31. The summed E-state index contributed by atoms with van der Waals surface area (Å²) in [6, 6.07) is 15.7. The molecule has 0 aromatic heterocycles. The summed E-state index contributed by atoms with van der Waals surface area (Å²) in [5, 5.41) is 7.25. The molecular weight excluding hydrogens is 558 g/mol. The van der Waals surface area contributed by atoms with Crippen LogP contribution in [0, 0.1) is 5.92 Å². The summed E-state index contributed by atoms with van der Waals surface area (Å²) >= 11 is 6.14. The van der Waals surface area contributed by atoms with E-state index in [2.05, 4.69) is 60.3 Å². The number of rotatable bonds is 10. The Hall–Kier alpha value is -2.45. The van der Waals surface area contributed by atoms with Crippen molar-refractivity contribution in [3.8, 4) is 0 Å². The lowest BCUT2D eigenvalue weighted by Gasteiger charge is -2.53. The van der Waals surface area contributed by atoms with Crippen LogP contribution in [0.1, 0.15) is 76.1 Å². The Morgan fingerprint density at radius 3 is 2.28 bits per heavy atom. The smallest absolute Gasteiger partial charge is 0.245 e. The molecule has 3 heterocycles. The number of likely N-dealkylation sites (tertiary alicyclic amines) is 1. The molecule has 0 bridgehead atoms. The van der Waals surface area contributed by atoms with Crippen LogP contribution in [0.2, 0.25) is 5.02 Å². The molecule has 2 aromatic carbocycles. The van der Waals surface area contributed by atoms with Crippen LogP contribution in [0.3, 0.4) is 0 Å². The quantitative estimate of drug-likeness (QED) is 0.396. The normalized spacial score (nSPS) is 21.7. The van der Waals surface area contributed by atoms with Crippen LogP contribution < -0.4 is 10.6 Å². The van der Waals surface area contributed by atoms with Crippen LogP contribution in [-0.4, -0.2) is 83.4 Å². The molecule has 2 N–H and O–H groups in total. The molecule has 234 valence electrons. The monoisotopic (exact) mass is 607 g/mol. The first kappa shape index (κ1) is 32.0. The predicted molar refractivity (Wildman–Crippen MR) is 174 cm³/mol. The van der Waals surface area contributed by atoms with Crippen molar-refractivity contribution in [3.05, 3.63) is 70.2 Å². The van der Waals surface area contributed by atoms with Crippen LogP contribution in [-0.2, 0) is 22.6 Å². The average molecular weight is 608 g/mol. The van der Waals surface area contributed by atoms with Crippen molar-refractivity contribution in [2.45, 2.75) is 90.0 Å². The Morgan fingerprint density at radius 2 is 1.63 bits per heavy atom. The molecule has 2 atom stereocenters. The van der Waals surface area contributed by atoms with Crippen molar-refractivity contribution >= 4 is 23.4 Å². The largest absolute Gasteiger partial charge is 0.344 e. The lowest BCUT2D eigenvalue weighted by molar-refractivity contribution is -0.139. The van der Waals surface area contributed by atoms with Gasteiger partial charge in [0.2, 0.25) is 11.8 Å². The molecule has 0 aliphatic carbocycles. The van der Waals surface area contributed by atoms with Gasteiger partial charge in [-0.15, -0.1) is 0 Å². The Labute approximate surface area is 263 Å².